The molecule has 3 rings (SSSR count). The minimum atomic E-state index is -1.21. The monoisotopic (exact) mass is 368 g/mol. The van der Waals surface area contributed by atoms with E-state index in [1.807, 2.05) is 49.4 Å². The highest BCUT2D eigenvalue weighted by molar-refractivity contribution is 5.81. The maximum absolute atomic E-state index is 12.1. The van der Waals surface area contributed by atoms with Crippen LogP contribution >= 0.6 is 0 Å². The van der Waals surface area contributed by atoms with Crippen LogP contribution in [0.2, 0.25) is 0 Å². The van der Waals surface area contributed by atoms with Gasteiger partial charge in [-0.3, -0.25) is 4.79 Å². The summed E-state index contributed by atoms with van der Waals surface area (Å²) in [6, 6.07) is 13.2. The molecular weight excluding hydrogens is 346 g/mol. The first-order valence-corrected chi connectivity index (χ1v) is 8.93. The van der Waals surface area contributed by atoms with Crippen LogP contribution in [-0.2, 0) is 22.4 Å². The van der Waals surface area contributed by atoms with Crippen molar-refractivity contribution in [2.45, 2.75) is 26.2 Å². The molecule has 0 saturated carbocycles. The van der Waals surface area contributed by atoms with E-state index in [1.54, 1.807) is 0 Å². The number of carboxylic acid groups (broad SMARTS) is 1. The average Bonchev–Trinajstić information content (AvgIpc) is 3.10. The van der Waals surface area contributed by atoms with Crippen molar-refractivity contribution in [2.75, 3.05) is 13.3 Å². The van der Waals surface area contributed by atoms with Gasteiger partial charge >= 0.3 is 0 Å². The molecule has 1 heterocycles. The molecule has 1 amide bonds. The highest BCUT2D eigenvalue weighted by atomic mass is 16.7. The van der Waals surface area contributed by atoms with Crippen molar-refractivity contribution < 1.29 is 24.2 Å². The molecule has 142 valence electrons. The molecule has 2 aromatic rings. The Morgan fingerprint density at radius 3 is 2.52 bits per heavy atom. The SMILES string of the molecule is Cc1ccc(C[C@@H](CC(=O)NCCc2ccc3c(c2)OCO3)C(=O)[O-])cc1. The van der Waals surface area contributed by atoms with Crippen molar-refractivity contribution in [1.82, 2.24) is 5.32 Å². The zero-order valence-electron chi connectivity index (χ0n) is 15.2. The summed E-state index contributed by atoms with van der Waals surface area (Å²) >= 11 is 0. The highest BCUT2D eigenvalue weighted by Crippen LogP contribution is 2.32. The molecule has 6 nitrogen and oxygen atoms in total. The molecule has 0 spiro atoms. The number of carbonyl (C=O) groups excluding carboxylic acids is 2. The van der Waals surface area contributed by atoms with Gasteiger partial charge in [-0.1, -0.05) is 35.9 Å². The lowest BCUT2D eigenvalue weighted by Gasteiger charge is -2.18. The van der Waals surface area contributed by atoms with Gasteiger partial charge in [-0.25, -0.2) is 0 Å². The zero-order valence-corrected chi connectivity index (χ0v) is 15.2. The Labute approximate surface area is 158 Å². The number of benzene rings is 2. The first-order valence-electron chi connectivity index (χ1n) is 8.93. The lowest BCUT2D eigenvalue weighted by molar-refractivity contribution is -0.311. The summed E-state index contributed by atoms with van der Waals surface area (Å²) in [5, 5.41) is 14.2. The van der Waals surface area contributed by atoms with Gasteiger partial charge in [-0.2, -0.15) is 0 Å². The Balaban J connectivity index is 1.47. The molecule has 0 fully saturated rings. The van der Waals surface area contributed by atoms with Crippen molar-refractivity contribution in [3.05, 3.63) is 59.2 Å². The number of carboxylic acids is 1. The first-order chi connectivity index (χ1) is 13.0. The minimum absolute atomic E-state index is 0.0999. The fourth-order valence-corrected chi connectivity index (χ4v) is 2.99. The van der Waals surface area contributed by atoms with Crippen molar-refractivity contribution in [1.29, 1.82) is 0 Å². The molecule has 6 heteroatoms. The topological polar surface area (TPSA) is 87.7 Å². The number of carbonyl (C=O) groups is 2. The van der Waals surface area contributed by atoms with Crippen LogP contribution in [0.5, 0.6) is 11.5 Å². The number of rotatable bonds is 8. The van der Waals surface area contributed by atoms with Gasteiger partial charge in [-0.05, 0) is 43.0 Å². The lowest BCUT2D eigenvalue weighted by atomic mass is 9.95. The Morgan fingerprint density at radius 2 is 1.78 bits per heavy atom. The summed E-state index contributed by atoms with van der Waals surface area (Å²) in [5.41, 5.74) is 2.99. The standard InChI is InChI=1S/C21H23NO5/c1-14-2-4-15(5-3-14)10-17(21(24)25)12-20(23)22-9-8-16-6-7-18-19(11-16)27-13-26-18/h2-7,11,17H,8-10,12-13H2,1H3,(H,22,23)(H,24,25)/p-1/t17-/m0/s1. The molecule has 0 bridgehead atoms. The van der Waals surface area contributed by atoms with Gasteiger partial charge in [0, 0.05) is 24.9 Å². The van der Waals surface area contributed by atoms with Crippen LogP contribution in [-0.4, -0.2) is 25.2 Å². The predicted octanol–water partition coefficient (Wildman–Crippen LogP) is 1.38. The second-order valence-electron chi connectivity index (χ2n) is 6.70. The zero-order chi connectivity index (χ0) is 19.2. The minimum Gasteiger partial charge on any atom is -0.550 e. The Bertz CT molecular complexity index is 816. The smallest absolute Gasteiger partial charge is 0.231 e. The molecule has 1 aliphatic heterocycles. The van der Waals surface area contributed by atoms with Crippen molar-refractivity contribution >= 4 is 11.9 Å². The van der Waals surface area contributed by atoms with E-state index in [0.29, 0.717) is 18.7 Å². The summed E-state index contributed by atoms with van der Waals surface area (Å²) in [4.78, 5) is 23.5. The van der Waals surface area contributed by atoms with E-state index < -0.39 is 11.9 Å². The summed E-state index contributed by atoms with van der Waals surface area (Å²) in [6.07, 6.45) is 0.797. The summed E-state index contributed by atoms with van der Waals surface area (Å²) < 4.78 is 10.6. The normalized spacial score (nSPS) is 13.2. The van der Waals surface area contributed by atoms with Crippen LogP contribution in [0.3, 0.4) is 0 Å². The third-order valence-corrected chi connectivity index (χ3v) is 4.54. The van der Waals surface area contributed by atoms with Crippen molar-refractivity contribution in [3.63, 3.8) is 0 Å². The fourth-order valence-electron chi connectivity index (χ4n) is 2.99. The summed E-state index contributed by atoms with van der Waals surface area (Å²) in [5.74, 6) is -0.929. The van der Waals surface area contributed by atoms with E-state index in [1.165, 1.54) is 0 Å². The quantitative estimate of drug-likeness (QED) is 0.761. The van der Waals surface area contributed by atoms with Gasteiger partial charge in [0.05, 0.1) is 0 Å². The van der Waals surface area contributed by atoms with E-state index in [4.69, 9.17) is 9.47 Å². The average molecular weight is 368 g/mol. The summed E-state index contributed by atoms with van der Waals surface area (Å²) in [7, 11) is 0. The van der Waals surface area contributed by atoms with Crippen molar-refractivity contribution in [2.24, 2.45) is 5.92 Å². The Hall–Kier alpha value is -3.02. The number of hydrogen-bond donors (Lipinski definition) is 1. The van der Waals surface area contributed by atoms with Crippen LogP contribution in [0, 0.1) is 12.8 Å². The number of nitrogens with one attached hydrogen (secondary N) is 1. The van der Waals surface area contributed by atoms with E-state index >= 15 is 0 Å². The first kappa shape index (κ1) is 18.8. The third kappa shape index (κ3) is 5.23. The maximum atomic E-state index is 12.1. The number of hydrogen-bond acceptors (Lipinski definition) is 5. The lowest BCUT2D eigenvalue weighted by Crippen LogP contribution is -2.37. The Kier molecular flexibility index (Phi) is 5.96. The predicted molar refractivity (Wildman–Crippen MR) is 97.3 cm³/mol. The van der Waals surface area contributed by atoms with E-state index in [2.05, 4.69) is 5.32 Å². The van der Waals surface area contributed by atoms with E-state index in [0.717, 1.165) is 22.4 Å². The van der Waals surface area contributed by atoms with Gasteiger partial charge in [0.1, 0.15) is 0 Å². The molecule has 1 N–H and O–H groups in total. The molecule has 2 aromatic carbocycles. The fraction of sp³-hybridized carbons (Fsp3) is 0.333. The molecule has 1 atom stereocenters. The molecule has 0 aromatic heterocycles. The largest absolute Gasteiger partial charge is 0.550 e. The van der Waals surface area contributed by atoms with E-state index in [9.17, 15) is 14.7 Å². The number of ether oxygens (including phenoxy) is 2. The molecule has 0 radical (unpaired) electrons. The second kappa shape index (κ2) is 8.58. The van der Waals surface area contributed by atoms with Gasteiger partial charge in [0.2, 0.25) is 12.7 Å². The van der Waals surface area contributed by atoms with Crippen LogP contribution in [0.15, 0.2) is 42.5 Å². The Morgan fingerprint density at radius 1 is 1.07 bits per heavy atom. The molecule has 1 aliphatic rings. The molecule has 0 unspecified atom stereocenters. The molecule has 27 heavy (non-hydrogen) atoms. The van der Waals surface area contributed by atoms with Crippen LogP contribution in [0.4, 0.5) is 0 Å². The van der Waals surface area contributed by atoms with E-state index in [-0.39, 0.29) is 25.5 Å². The molecule has 0 saturated heterocycles. The second-order valence-corrected chi connectivity index (χ2v) is 6.70. The number of aliphatic carboxylic acids is 1. The van der Waals surface area contributed by atoms with Gasteiger partial charge in [0.15, 0.2) is 11.5 Å². The van der Waals surface area contributed by atoms with Crippen LogP contribution in [0.25, 0.3) is 0 Å². The molecule has 0 aliphatic carbocycles. The summed E-state index contributed by atoms with van der Waals surface area (Å²) in [6.45, 7) is 2.61. The molecular formula is C21H22NO5-. The van der Waals surface area contributed by atoms with Gasteiger partial charge in [0.25, 0.3) is 0 Å². The van der Waals surface area contributed by atoms with Crippen molar-refractivity contribution in [3.8, 4) is 11.5 Å². The number of aryl methyl sites for hydroxylation is 1. The number of amides is 1. The third-order valence-electron chi connectivity index (χ3n) is 4.54. The maximum Gasteiger partial charge on any atom is 0.231 e. The van der Waals surface area contributed by atoms with Gasteiger partial charge in [-0.15, -0.1) is 0 Å². The highest BCUT2D eigenvalue weighted by Gasteiger charge is 2.16. The van der Waals surface area contributed by atoms with Crippen LogP contribution < -0.4 is 19.9 Å². The van der Waals surface area contributed by atoms with Gasteiger partial charge < -0.3 is 24.7 Å². The van der Waals surface area contributed by atoms with Crippen LogP contribution in [0.1, 0.15) is 23.1 Å². The number of fused-ring (bicyclic) bond motifs is 1.